The third kappa shape index (κ3) is 1.42. The topological polar surface area (TPSA) is 62.9 Å². The lowest BCUT2D eigenvalue weighted by molar-refractivity contribution is -0.584. The van der Waals surface area contributed by atoms with Crippen molar-refractivity contribution >= 4 is 5.69 Å². The molecule has 0 heterocycles. The number of nitrogens with two attached hydrogens (primary N) is 2. The summed E-state index contributed by atoms with van der Waals surface area (Å²) >= 11 is 0. The maximum Gasteiger partial charge on any atom is 0.148 e. The summed E-state index contributed by atoms with van der Waals surface area (Å²) in [5, 5.41) is 8.80. The average Bonchev–Trinajstić information content (AvgIpc) is 1.90. The Labute approximate surface area is 53.1 Å². The van der Waals surface area contributed by atoms with Gasteiger partial charge >= 0.3 is 0 Å². The van der Waals surface area contributed by atoms with Crippen LogP contribution in [0.2, 0.25) is 0 Å². The number of hydrogen-bond donors (Lipinski definition) is 3. The van der Waals surface area contributed by atoms with E-state index < -0.39 is 0 Å². The molecule has 0 aliphatic carbocycles. The number of benzene rings is 1. The molecule has 1 aromatic carbocycles. The molecular weight excluding hydrogens is 116 g/mol. The molecule has 3 heteroatoms. The van der Waals surface area contributed by atoms with Gasteiger partial charge in [0.2, 0.25) is 0 Å². The highest BCUT2D eigenvalue weighted by atomic mass is 16.3. The molecule has 0 aliphatic rings. The Morgan fingerprint density at radius 2 is 1.78 bits per heavy atom. The first-order chi connectivity index (χ1) is 4.33. The van der Waals surface area contributed by atoms with Crippen LogP contribution in [0.15, 0.2) is 24.3 Å². The van der Waals surface area contributed by atoms with Crippen molar-refractivity contribution in [3.05, 3.63) is 24.3 Å². The molecule has 0 atom stereocenters. The molecule has 0 spiro atoms. The average molecular weight is 125 g/mol. The van der Waals surface area contributed by atoms with Crippen LogP contribution in [0.3, 0.4) is 0 Å². The summed E-state index contributed by atoms with van der Waals surface area (Å²) < 4.78 is 0. The Bertz CT molecular complexity index is 183. The van der Waals surface area contributed by atoms with E-state index in [1.165, 1.54) is 5.43 Å². The van der Waals surface area contributed by atoms with E-state index in [1.807, 2.05) is 0 Å². The van der Waals surface area contributed by atoms with Crippen LogP contribution in [-0.4, -0.2) is 5.11 Å². The molecule has 0 radical (unpaired) electrons. The predicted molar refractivity (Wildman–Crippen MR) is 33.9 cm³/mol. The van der Waals surface area contributed by atoms with Gasteiger partial charge in [0.1, 0.15) is 11.4 Å². The third-order valence-corrected chi connectivity index (χ3v) is 1.09. The Balaban J connectivity index is 2.88. The van der Waals surface area contributed by atoms with Gasteiger partial charge in [-0.2, -0.15) is 5.84 Å². The molecule has 0 fully saturated rings. The van der Waals surface area contributed by atoms with Crippen molar-refractivity contribution in [3.8, 4) is 5.75 Å². The molecule has 0 amide bonds. The van der Waals surface area contributed by atoms with Gasteiger partial charge in [-0.15, -0.1) is 0 Å². The smallest absolute Gasteiger partial charge is 0.148 e. The first-order valence-electron chi connectivity index (χ1n) is 2.67. The molecule has 0 saturated carbocycles. The molecule has 48 valence electrons. The van der Waals surface area contributed by atoms with Crippen molar-refractivity contribution in [1.29, 1.82) is 0 Å². The second-order valence-corrected chi connectivity index (χ2v) is 1.76. The number of hydrogen-bond acceptors (Lipinski definition) is 2. The van der Waals surface area contributed by atoms with E-state index in [0.29, 0.717) is 0 Å². The van der Waals surface area contributed by atoms with Crippen LogP contribution in [0.4, 0.5) is 5.69 Å². The molecule has 5 N–H and O–H groups in total. The van der Waals surface area contributed by atoms with Crippen LogP contribution in [0.25, 0.3) is 0 Å². The van der Waals surface area contributed by atoms with E-state index in [4.69, 9.17) is 10.9 Å². The highest BCUT2D eigenvalue weighted by molar-refractivity contribution is 5.33. The van der Waals surface area contributed by atoms with Crippen LogP contribution in [-0.2, 0) is 0 Å². The van der Waals surface area contributed by atoms with Crippen LogP contribution in [0.5, 0.6) is 5.75 Å². The van der Waals surface area contributed by atoms with Crippen LogP contribution in [0.1, 0.15) is 0 Å². The summed E-state index contributed by atoms with van der Waals surface area (Å²) in [4.78, 5) is 0. The number of quaternary nitrogens is 1. The van der Waals surface area contributed by atoms with Crippen molar-refractivity contribution in [2.45, 2.75) is 0 Å². The largest absolute Gasteiger partial charge is 0.508 e. The molecule has 9 heavy (non-hydrogen) atoms. The van der Waals surface area contributed by atoms with Crippen molar-refractivity contribution in [2.24, 2.45) is 5.84 Å². The van der Waals surface area contributed by atoms with Crippen LogP contribution >= 0.6 is 0 Å². The summed E-state index contributed by atoms with van der Waals surface area (Å²) in [6.45, 7) is 0. The molecule has 0 unspecified atom stereocenters. The molecule has 0 aromatic heterocycles. The summed E-state index contributed by atoms with van der Waals surface area (Å²) in [6.07, 6.45) is 0. The lowest BCUT2D eigenvalue weighted by Gasteiger charge is -1.91. The van der Waals surface area contributed by atoms with Gasteiger partial charge < -0.3 is 5.11 Å². The normalized spacial score (nSPS) is 9.44. The molecular formula is C6H9N2O+. The number of phenolic OH excluding ortho intramolecular Hbond substituents is 1. The second-order valence-electron chi connectivity index (χ2n) is 1.76. The number of aromatic hydroxyl groups is 1. The highest BCUT2D eigenvalue weighted by Crippen LogP contribution is 2.08. The van der Waals surface area contributed by atoms with Crippen molar-refractivity contribution in [1.82, 2.24) is 0 Å². The van der Waals surface area contributed by atoms with Crippen LogP contribution in [0, 0.1) is 0 Å². The van der Waals surface area contributed by atoms with E-state index in [0.717, 1.165) is 5.69 Å². The van der Waals surface area contributed by atoms with E-state index in [-0.39, 0.29) is 5.75 Å². The Hall–Kier alpha value is -1.06. The summed E-state index contributed by atoms with van der Waals surface area (Å²) in [5.74, 6) is 5.46. The van der Waals surface area contributed by atoms with Crippen molar-refractivity contribution in [2.75, 3.05) is 0 Å². The fraction of sp³-hybridized carbons (Fsp3) is 0. The van der Waals surface area contributed by atoms with E-state index >= 15 is 0 Å². The van der Waals surface area contributed by atoms with Crippen molar-refractivity contribution in [3.63, 3.8) is 0 Å². The minimum atomic E-state index is 0.264. The van der Waals surface area contributed by atoms with Gasteiger partial charge in [0, 0.05) is 12.1 Å². The Morgan fingerprint density at radius 3 is 2.22 bits per heavy atom. The third-order valence-electron chi connectivity index (χ3n) is 1.09. The quantitative estimate of drug-likeness (QED) is 0.204. The monoisotopic (exact) mass is 125 g/mol. The zero-order valence-electron chi connectivity index (χ0n) is 4.91. The molecule has 0 aliphatic heterocycles. The van der Waals surface area contributed by atoms with E-state index in [2.05, 4.69) is 0 Å². The Kier molecular flexibility index (Phi) is 1.67. The highest BCUT2D eigenvalue weighted by Gasteiger charge is 1.90. The molecule has 0 saturated heterocycles. The summed E-state index contributed by atoms with van der Waals surface area (Å²) in [5.41, 5.74) is 2.40. The zero-order valence-corrected chi connectivity index (χ0v) is 4.91. The fourth-order valence-electron chi connectivity index (χ4n) is 0.585. The first-order valence-corrected chi connectivity index (χ1v) is 2.67. The van der Waals surface area contributed by atoms with Gasteiger partial charge in [-0.3, -0.25) is 0 Å². The van der Waals surface area contributed by atoms with Crippen molar-refractivity contribution < 1.29 is 10.5 Å². The lowest BCUT2D eigenvalue weighted by Crippen LogP contribution is -2.85. The van der Waals surface area contributed by atoms with Gasteiger partial charge in [0.05, 0.1) is 0 Å². The second kappa shape index (κ2) is 2.48. The lowest BCUT2D eigenvalue weighted by atomic mass is 10.3. The van der Waals surface area contributed by atoms with E-state index in [1.54, 1.807) is 24.3 Å². The minimum Gasteiger partial charge on any atom is -0.508 e. The fourth-order valence-corrected chi connectivity index (χ4v) is 0.585. The van der Waals surface area contributed by atoms with Gasteiger partial charge in [0.25, 0.3) is 0 Å². The minimum absolute atomic E-state index is 0.264. The first kappa shape index (κ1) is 6.07. The standard InChI is InChI=1S/C6H8N2O/c7-8-5-1-3-6(9)4-2-5/h1-4,8-9H,7H2/p+1. The van der Waals surface area contributed by atoms with Gasteiger partial charge in [-0.05, 0) is 12.1 Å². The maximum atomic E-state index is 8.80. The summed E-state index contributed by atoms with van der Waals surface area (Å²) in [7, 11) is 0. The molecule has 0 bridgehead atoms. The van der Waals surface area contributed by atoms with Gasteiger partial charge in [-0.1, -0.05) is 0 Å². The summed E-state index contributed by atoms with van der Waals surface area (Å²) in [6, 6.07) is 6.68. The zero-order chi connectivity index (χ0) is 6.69. The van der Waals surface area contributed by atoms with Crippen LogP contribution < -0.4 is 11.3 Å². The van der Waals surface area contributed by atoms with Gasteiger partial charge in [-0.25, -0.2) is 5.43 Å². The predicted octanol–water partition coefficient (Wildman–Crippen LogP) is -0.539. The Morgan fingerprint density at radius 1 is 1.22 bits per heavy atom. The number of rotatable bonds is 1. The molecule has 1 aromatic rings. The van der Waals surface area contributed by atoms with E-state index in [9.17, 15) is 0 Å². The molecule has 1 rings (SSSR count). The maximum absolute atomic E-state index is 8.80. The number of phenols is 1. The van der Waals surface area contributed by atoms with Gasteiger partial charge in [0.15, 0.2) is 0 Å². The molecule has 3 nitrogen and oxygen atoms in total. The SMILES string of the molecule is N[NH2+]c1ccc(O)cc1.